The number of carbonyl (C=O) groups is 1. The topological polar surface area (TPSA) is 76.4 Å². The van der Waals surface area contributed by atoms with E-state index in [0.29, 0.717) is 23.6 Å². The van der Waals surface area contributed by atoms with Crippen LogP contribution in [0, 0.1) is 0 Å². The van der Waals surface area contributed by atoms with Gasteiger partial charge < -0.3 is 19.8 Å². The summed E-state index contributed by atoms with van der Waals surface area (Å²) < 4.78 is 11.0. The van der Waals surface area contributed by atoms with E-state index < -0.39 is 0 Å². The lowest BCUT2D eigenvalue weighted by Crippen LogP contribution is -2.23. The third kappa shape index (κ3) is 5.32. The first-order valence-electron chi connectivity index (χ1n) is 13.2. The number of para-hydroxylation sites is 2. The highest BCUT2D eigenvalue weighted by Crippen LogP contribution is 2.33. The van der Waals surface area contributed by atoms with E-state index in [1.165, 1.54) is 41.6 Å². The third-order valence-electron chi connectivity index (χ3n) is 7.06. The molecular weight excluding hydrogens is 450 g/mol. The van der Waals surface area contributed by atoms with Crippen molar-refractivity contribution in [1.82, 2.24) is 10.3 Å². The van der Waals surface area contributed by atoms with Gasteiger partial charge in [-0.15, -0.1) is 0 Å². The zero-order valence-corrected chi connectivity index (χ0v) is 21.1. The largest absolute Gasteiger partial charge is 0.493 e. The molecule has 0 spiro atoms. The Hall–Kier alpha value is -3.54. The van der Waals surface area contributed by atoms with Gasteiger partial charge in [-0.1, -0.05) is 49.6 Å². The molecule has 0 unspecified atom stereocenters. The molecule has 6 nitrogen and oxygen atoms in total. The molecule has 0 saturated heterocycles. The Balaban J connectivity index is 1.08. The Labute approximate surface area is 212 Å². The van der Waals surface area contributed by atoms with Crippen molar-refractivity contribution in [1.29, 1.82) is 0 Å². The van der Waals surface area contributed by atoms with Crippen molar-refractivity contribution in [3.05, 3.63) is 65.5 Å². The van der Waals surface area contributed by atoms with Crippen molar-refractivity contribution >= 4 is 33.5 Å². The van der Waals surface area contributed by atoms with Crippen molar-refractivity contribution in [3.8, 4) is 5.75 Å². The number of nitrogens with zero attached hydrogens (tertiary/aromatic N) is 1. The van der Waals surface area contributed by atoms with E-state index in [4.69, 9.17) is 14.1 Å². The molecule has 36 heavy (non-hydrogen) atoms. The minimum atomic E-state index is -0.180. The summed E-state index contributed by atoms with van der Waals surface area (Å²) in [6, 6.07) is 15.9. The fourth-order valence-corrected chi connectivity index (χ4v) is 5.17. The van der Waals surface area contributed by atoms with Crippen molar-refractivity contribution in [3.63, 3.8) is 0 Å². The monoisotopic (exact) mass is 485 g/mol. The molecule has 0 atom stereocenters. The summed E-state index contributed by atoms with van der Waals surface area (Å²) in [6.45, 7) is 1.59. The van der Waals surface area contributed by atoms with Gasteiger partial charge in [0.15, 0.2) is 17.1 Å². The van der Waals surface area contributed by atoms with Gasteiger partial charge in [0, 0.05) is 35.2 Å². The summed E-state index contributed by atoms with van der Waals surface area (Å²) in [5.74, 6) is 0.776. The second-order valence-corrected chi connectivity index (χ2v) is 9.58. The van der Waals surface area contributed by atoms with Gasteiger partial charge in [0.1, 0.15) is 0 Å². The smallest absolute Gasteiger partial charge is 0.287 e. The molecule has 1 aliphatic carbocycles. The number of benzene rings is 2. The van der Waals surface area contributed by atoms with Crippen LogP contribution < -0.4 is 15.4 Å². The number of anilines is 1. The van der Waals surface area contributed by atoms with E-state index in [0.717, 1.165) is 56.0 Å². The van der Waals surface area contributed by atoms with Crippen molar-refractivity contribution in [2.45, 2.75) is 57.8 Å². The molecule has 1 amide bonds. The number of fused-ring (bicyclic) bond motifs is 3. The van der Waals surface area contributed by atoms with Gasteiger partial charge in [-0.2, -0.15) is 0 Å². The van der Waals surface area contributed by atoms with Crippen LogP contribution in [0.1, 0.15) is 66.8 Å². The van der Waals surface area contributed by atoms with E-state index >= 15 is 0 Å². The molecule has 4 aromatic rings. The molecule has 2 aromatic heterocycles. The van der Waals surface area contributed by atoms with Crippen LogP contribution in [0.4, 0.5) is 5.69 Å². The molecule has 2 N–H and O–H groups in total. The molecule has 0 radical (unpaired) electrons. The number of hydrogen-bond acceptors (Lipinski definition) is 5. The van der Waals surface area contributed by atoms with Crippen LogP contribution in [0.2, 0.25) is 0 Å². The minimum Gasteiger partial charge on any atom is -0.493 e. The SMILES string of the molecule is COc1cccc2cc(C(=O)NCCCCCCNc3c4c(nc5ccccc35)CCCCC4)oc12. The van der Waals surface area contributed by atoms with Crippen LogP contribution in [-0.2, 0) is 12.8 Å². The number of unbranched alkanes of at least 4 members (excludes halogenated alkanes) is 3. The first kappa shape index (κ1) is 24.2. The molecule has 0 saturated carbocycles. The van der Waals surface area contributed by atoms with Gasteiger partial charge in [0.25, 0.3) is 5.91 Å². The number of rotatable bonds is 10. The average molecular weight is 486 g/mol. The number of aromatic nitrogens is 1. The fourth-order valence-electron chi connectivity index (χ4n) is 5.17. The second-order valence-electron chi connectivity index (χ2n) is 9.58. The van der Waals surface area contributed by atoms with Gasteiger partial charge in [0.2, 0.25) is 0 Å². The molecule has 2 aromatic carbocycles. The predicted octanol–water partition coefficient (Wildman–Crippen LogP) is 6.66. The van der Waals surface area contributed by atoms with Gasteiger partial charge >= 0.3 is 0 Å². The number of amides is 1. The van der Waals surface area contributed by atoms with Crippen LogP contribution in [-0.4, -0.2) is 31.1 Å². The molecule has 0 bridgehead atoms. The summed E-state index contributed by atoms with van der Waals surface area (Å²) in [5, 5.41) is 8.85. The van der Waals surface area contributed by atoms with Gasteiger partial charge in [0.05, 0.1) is 12.6 Å². The van der Waals surface area contributed by atoms with Gasteiger partial charge in [-0.3, -0.25) is 9.78 Å². The molecule has 1 aliphatic rings. The summed E-state index contributed by atoms with van der Waals surface area (Å²) in [4.78, 5) is 17.5. The van der Waals surface area contributed by atoms with E-state index in [1.807, 2.05) is 18.2 Å². The van der Waals surface area contributed by atoms with E-state index in [1.54, 1.807) is 13.2 Å². The maximum Gasteiger partial charge on any atom is 0.287 e. The average Bonchev–Trinajstić information content (AvgIpc) is 3.22. The first-order chi connectivity index (χ1) is 17.7. The Bertz CT molecular complexity index is 1340. The minimum absolute atomic E-state index is 0.180. The number of aryl methyl sites for hydroxylation is 1. The van der Waals surface area contributed by atoms with Crippen molar-refractivity contribution in [2.75, 3.05) is 25.5 Å². The molecular formula is C30H35N3O3. The number of ether oxygens (including phenoxy) is 1. The highest BCUT2D eigenvalue weighted by atomic mass is 16.5. The quantitative estimate of drug-likeness (QED) is 0.194. The van der Waals surface area contributed by atoms with Crippen molar-refractivity contribution < 1.29 is 13.9 Å². The Morgan fingerprint density at radius 2 is 1.81 bits per heavy atom. The normalized spacial score (nSPS) is 13.4. The zero-order valence-electron chi connectivity index (χ0n) is 21.1. The van der Waals surface area contributed by atoms with Gasteiger partial charge in [-0.05, 0) is 62.3 Å². The molecule has 5 rings (SSSR count). The maximum absolute atomic E-state index is 12.5. The third-order valence-corrected chi connectivity index (χ3v) is 7.06. The number of nitrogens with one attached hydrogen (secondary N) is 2. The highest BCUT2D eigenvalue weighted by molar-refractivity contribution is 5.97. The Morgan fingerprint density at radius 3 is 2.69 bits per heavy atom. The lowest BCUT2D eigenvalue weighted by Gasteiger charge is -2.17. The lowest BCUT2D eigenvalue weighted by atomic mass is 10.0. The summed E-state index contributed by atoms with van der Waals surface area (Å²) in [5.41, 5.74) is 5.72. The molecule has 0 aliphatic heterocycles. The Morgan fingerprint density at radius 1 is 0.972 bits per heavy atom. The summed E-state index contributed by atoms with van der Waals surface area (Å²) >= 11 is 0. The standard InChI is InChI=1S/C30H35N3O3/c1-35-26-17-11-12-21-20-27(36-29(21)26)30(34)32-19-10-3-2-9-18-31-28-22-13-5-4-6-15-24(22)33-25-16-8-7-14-23(25)28/h7-8,11-12,14,16-17,20H,2-6,9-10,13,15,18-19H2,1H3,(H,31,33)(H,32,34). The van der Waals surface area contributed by atoms with Crippen molar-refractivity contribution in [2.24, 2.45) is 0 Å². The van der Waals surface area contributed by atoms with Crippen LogP contribution in [0.5, 0.6) is 5.75 Å². The van der Waals surface area contributed by atoms with Crippen LogP contribution >= 0.6 is 0 Å². The first-order valence-corrected chi connectivity index (χ1v) is 13.2. The number of pyridine rings is 1. The molecule has 188 valence electrons. The van der Waals surface area contributed by atoms with Crippen LogP contribution in [0.15, 0.2) is 52.9 Å². The van der Waals surface area contributed by atoms with E-state index in [-0.39, 0.29) is 5.91 Å². The summed E-state index contributed by atoms with van der Waals surface area (Å²) in [7, 11) is 1.60. The molecule has 0 fully saturated rings. The number of hydrogen-bond donors (Lipinski definition) is 2. The van der Waals surface area contributed by atoms with E-state index in [2.05, 4.69) is 34.9 Å². The van der Waals surface area contributed by atoms with E-state index in [9.17, 15) is 4.79 Å². The summed E-state index contributed by atoms with van der Waals surface area (Å²) in [6.07, 6.45) is 10.2. The van der Waals surface area contributed by atoms with Gasteiger partial charge in [-0.25, -0.2) is 0 Å². The second kappa shape index (κ2) is 11.5. The maximum atomic E-state index is 12.5. The Kier molecular flexibility index (Phi) is 7.70. The number of carbonyl (C=O) groups excluding carboxylic acids is 1. The zero-order chi connectivity index (χ0) is 24.7. The fraction of sp³-hybridized carbons (Fsp3) is 0.400. The highest BCUT2D eigenvalue weighted by Gasteiger charge is 2.17. The van der Waals surface area contributed by atoms with Crippen LogP contribution in [0.25, 0.3) is 21.9 Å². The molecule has 2 heterocycles. The predicted molar refractivity (Wildman–Crippen MR) is 145 cm³/mol. The molecule has 6 heteroatoms. The lowest BCUT2D eigenvalue weighted by molar-refractivity contribution is 0.0927. The number of furan rings is 1. The number of methoxy groups -OCH3 is 1. The van der Waals surface area contributed by atoms with Crippen LogP contribution in [0.3, 0.4) is 0 Å².